The van der Waals surface area contributed by atoms with Crippen LogP contribution in [-0.4, -0.2) is 22.0 Å². The number of fused-ring (bicyclic) bond motifs is 1. The zero-order valence-corrected chi connectivity index (χ0v) is 14.7. The summed E-state index contributed by atoms with van der Waals surface area (Å²) in [5.41, 5.74) is 3.02. The van der Waals surface area contributed by atoms with Crippen LogP contribution in [0.5, 0.6) is 0 Å². The fourth-order valence-electron chi connectivity index (χ4n) is 3.15. The van der Waals surface area contributed by atoms with Gasteiger partial charge in [0.05, 0.1) is 11.0 Å². The van der Waals surface area contributed by atoms with E-state index in [1.807, 2.05) is 36.4 Å². The van der Waals surface area contributed by atoms with Crippen molar-refractivity contribution in [1.82, 2.24) is 14.9 Å². The van der Waals surface area contributed by atoms with E-state index in [9.17, 15) is 4.79 Å². The lowest BCUT2D eigenvalue weighted by Gasteiger charge is -2.07. The smallest absolute Gasteiger partial charge is 0.251 e. The maximum Gasteiger partial charge on any atom is 0.251 e. The van der Waals surface area contributed by atoms with Gasteiger partial charge in [0.25, 0.3) is 5.91 Å². The van der Waals surface area contributed by atoms with Crippen molar-refractivity contribution < 1.29 is 4.79 Å². The molecule has 0 aliphatic carbocycles. The summed E-state index contributed by atoms with van der Waals surface area (Å²) >= 11 is 0. The highest BCUT2D eigenvalue weighted by Gasteiger charge is 2.08. The van der Waals surface area contributed by atoms with E-state index >= 15 is 0 Å². The highest BCUT2D eigenvalue weighted by atomic mass is 16.1. The van der Waals surface area contributed by atoms with E-state index in [-0.39, 0.29) is 5.91 Å². The van der Waals surface area contributed by atoms with Crippen LogP contribution in [0.2, 0.25) is 0 Å². The van der Waals surface area contributed by atoms with Crippen molar-refractivity contribution in [3.63, 3.8) is 0 Å². The third-order valence-corrected chi connectivity index (χ3v) is 4.45. The Balaban J connectivity index is 1.42. The van der Waals surface area contributed by atoms with Crippen LogP contribution in [0.1, 0.15) is 42.4 Å². The molecule has 1 aromatic heterocycles. The summed E-state index contributed by atoms with van der Waals surface area (Å²) in [5, 5.41) is 2.98. The summed E-state index contributed by atoms with van der Waals surface area (Å²) in [7, 11) is 0. The third-order valence-electron chi connectivity index (χ3n) is 4.45. The lowest BCUT2D eigenvalue weighted by atomic mass is 10.1. The molecule has 4 heteroatoms. The molecule has 25 heavy (non-hydrogen) atoms. The molecule has 0 radical (unpaired) electrons. The summed E-state index contributed by atoms with van der Waals surface area (Å²) in [6.45, 7) is 3.83. The number of benzene rings is 2. The van der Waals surface area contributed by atoms with Gasteiger partial charge in [0, 0.05) is 25.1 Å². The molecule has 3 aromatic rings. The van der Waals surface area contributed by atoms with Crippen LogP contribution in [0.3, 0.4) is 0 Å². The Labute approximate surface area is 148 Å². The molecule has 0 bridgehead atoms. The molecule has 0 aliphatic rings. The van der Waals surface area contributed by atoms with Crippen molar-refractivity contribution in [1.29, 1.82) is 0 Å². The van der Waals surface area contributed by atoms with Gasteiger partial charge in [-0.1, -0.05) is 36.8 Å². The van der Waals surface area contributed by atoms with Gasteiger partial charge >= 0.3 is 0 Å². The summed E-state index contributed by atoms with van der Waals surface area (Å²) in [6.07, 6.45) is 4.15. The van der Waals surface area contributed by atoms with Crippen molar-refractivity contribution in [3.05, 3.63) is 66.0 Å². The van der Waals surface area contributed by atoms with Gasteiger partial charge in [-0.2, -0.15) is 0 Å². The van der Waals surface area contributed by atoms with Gasteiger partial charge in [-0.05, 0) is 44.0 Å². The molecule has 0 saturated heterocycles. The molecule has 130 valence electrons. The van der Waals surface area contributed by atoms with Crippen molar-refractivity contribution >= 4 is 16.9 Å². The first-order valence-electron chi connectivity index (χ1n) is 9.07. The molecule has 0 unspecified atom stereocenters. The number of amides is 1. The Morgan fingerprint density at radius 1 is 1.00 bits per heavy atom. The van der Waals surface area contributed by atoms with Crippen molar-refractivity contribution in [2.45, 2.75) is 39.2 Å². The SMILES string of the molecule is CCn1c(CCCCCNC(=O)c2ccccc2)nc2ccccc21. The van der Waals surface area contributed by atoms with Crippen molar-refractivity contribution in [2.75, 3.05) is 6.54 Å². The molecule has 0 fully saturated rings. The summed E-state index contributed by atoms with van der Waals surface area (Å²) in [5.74, 6) is 1.17. The lowest BCUT2D eigenvalue weighted by Crippen LogP contribution is -2.24. The van der Waals surface area contributed by atoms with Crippen LogP contribution in [0.4, 0.5) is 0 Å². The maximum atomic E-state index is 12.0. The summed E-state index contributed by atoms with van der Waals surface area (Å²) < 4.78 is 2.30. The summed E-state index contributed by atoms with van der Waals surface area (Å²) in [6, 6.07) is 17.7. The monoisotopic (exact) mass is 335 g/mol. The molecule has 0 aliphatic heterocycles. The zero-order chi connectivity index (χ0) is 17.5. The first-order chi connectivity index (χ1) is 12.3. The van der Waals surface area contributed by atoms with E-state index in [0.717, 1.165) is 55.7 Å². The quantitative estimate of drug-likeness (QED) is 0.627. The average Bonchev–Trinajstić information content (AvgIpc) is 3.02. The van der Waals surface area contributed by atoms with Gasteiger partial charge in [0.2, 0.25) is 0 Å². The van der Waals surface area contributed by atoms with Gasteiger partial charge in [0.15, 0.2) is 0 Å². The molecule has 2 aromatic carbocycles. The number of unbranched alkanes of at least 4 members (excludes halogenated alkanes) is 2. The van der Waals surface area contributed by atoms with E-state index in [0.29, 0.717) is 0 Å². The van der Waals surface area contributed by atoms with E-state index in [4.69, 9.17) is 4.98 Å². The number of carbonyl (C=O) groups excluding carboxylic acids is 1. The van der Waals surface area contributed by atoms with Gasteiger partial charge in [-0.15, -0.1) is 0 Å². The molecule has 3 rings (SSSR count). The van der Waals surface area contributed by atoms with Crippen LogP contribution in [-0.2, 0) is 13.0 Å². The molecule has 1 amide bonds. The molecule has 4 nitrogen and oxygen atoms in total. The number of para-hydroxylation sites is 2. The minimum atomic E-state index is 0.00776. The third kappa shape index (κ3) is 4.27. The predicted molar refractivity (Wildman–Crippen MR) is 102 cm³/mol. The molecule has 0 atom stereocenters. The summed E-state index contributed by atoms with van der Waals surface area (Å²) in [4.78, 5) is 16.7. The number of aromatic nitrogens is 2. The van der Waals surface area contributed by atoms with Gasteiger partial charge in [-0.3, -0.25) is 4.79 Å². The molecule has 0 saturated carbocycles. The molecular formula is C21H25N3O. The van der Waals surface area contributed by atoms with E-state index in [1.165, 1.54) is 5.52 Å². The molecule has 0 spiro atoms. The van der Waals surface area contributed by atoms with Crippen molar-refractivity contribution in [3.8, 4) is 0 Å². The van der Waals surface area contributed by atoms with E-state index in [1.54, 1.807) is 0 Å². The largest absolute Gasteiger partial charge is 0.352 e. The Bertz CT molecular complexity index is 824. The number of aryl methyl sites for hydroxylation is 2. The molecule has 1 N–H and O–H groups in total. The van der Waals surface area contributed by atoms with Crippen LogP contribution >= 0.6 is 0 Å². The second-order valence-electron chi connectivity index (χ2n) is 6.19. The minimum Gasteiger partial charge on any atom is -0.352 e. The number of hydrogen-bond donors (Lipinski definition) is 1. The number of hydrogen-bond acceptors (Lipinski definition) is 2. The minimum absolute atomic E-state index is 0.00776. The fourth-order valence-corrected chi connectivity index (χ4v) is 3.15. The normalized spacial score (nSPS) is 10.9. The topological polar surface area (TPSA) is 46.9 Å². The Morgan fingerprint density at radius 3 is 2.56 bits per heavy atom. The van der Waals surface area contributed by atoms with Crippen LogP contribution in [0.15, 0.2) is 54.6 Å². The van der Waals surface area contributed by atoms with Gasteiger partial charge in [-0.25, -0.2) is 4.98 Å². The van der Waals surface area contributed by atoms with Gasteiger partial charge in [0.1, 0.15) is 5.82 Å². The second-order valence-corrected chi connectivity index (χ2v) is 6.19. The number of carbonyl (C=O) groups is 1. The predicted octanol–water partition coefficient (Wildman–Crippen LogP) is 4.20. The number of imidazole rings is 1. The van der Waals surface area contributed by atoms with E-state index < -0.39 is 0 Å². The highest BCUT2D eigenvalue weighted by molar-refractivity contribution is 5.94. The zero-order valence-electron chi connectivity index (χ0n) is 14.7. The molecule has 1 heterocycles. The lowest BCUT2D eigenvalue weighted by molar-refractivity contribution is 0.0953. The van der Waals surface area contributed by atoms with Crippen LogP contribution < -0.4 is 5.32 Å². The second kappa shape index (κ2) is 8.47. The number of nitrogens with zero attached hydrogens (tertiary/aromatic N) is 2. The Hall–Kier alpha value is -2.62. The van der Waals surface area contributed by atoms with Crippen LogP contribution in [0.25, 0.3) is 11.0 Å². The van der Waals surface area contributed by atoms with E-state index in [2.05, 4.69) is 35.0 Å². The fraction of sp³-hybridized carbons (Fsp3) is 0.333. The number of rotatable bonds is 8. The average molecular weight is 335 g/mol. The highest BCUT2D eigenvalue weighted by Crippen LogP contribution is 2.17. The first-order valence-corrected chi connectivity index (χ1v) is 9.07. The van der Waals surface area contributed by atoms with Gasteiger partial charge < -0.3 is 9.88 Å². The molecular weight excluding hydrogens is 310 g/mol. The Kier molecular flexibility index (Phi) is 5.83. The van der Waals surface area contributed by atoms with Crippen LogP contribution in [0, 0.1) is 0 Å². The Morgan fingerprint density at radius 2 is 1.76 bits per heavy atom. The van der Waals surface area contributed by atoms with Crippen molar-refractivity contribution in [2.24, 2.45) is 0 Å². The first kappa shape index (κ1) is 17.2. The maximum absolute atomic E-state index is 12.0. The standard InChI is InChI=1S/C21H25N3O/c1-2-24-19-14-9-8-13-18(19)23-20(24)15-7-4-10-16-22-21(25)17-11-5-3-6-12-17/h3,5-6,8-9,11-14H,2,4,7,10,15-16H2,1H3,(H,22,25). The number of nitrogens with one attached hydrogen (secondary N) is 1.